The number of aromatic nitrogens is 3. The van der Waals surface area contributed by atoms with Gasteiger partial charge in [-0.3, -0.25) is 14.9 Å². The van der Waals surface area contributed by atoms with Gasteiger partial charge in [0, 0.05) is 38.4 Å². The number of aryl methyl sites for hydroxylation is 2. The third-order valence-corrected chi connectivity index (χ3v) is 5.98. The van der Waals surface area contributed by atoms with Crippen LogP contribution in [-0.4, -0.2) is 57.2 Å². The van der Waals surface area contributed by atoms with E-state index in [2.05, 4.69) is 39.0 Å². The summed E-state index contributed by atoms with van der Waals surface area (Å²) in [6, 6.07) is 2.13. The summed E-state index contributed by atoms with van der Waals surface area (Å²) in [5.41, 5.74) is 2.27. The van der Waals surface area contributed by atoms with Crippen LogP contribution in [0.5, 0.6) is 0 Å². The number of likely N-dealkylation sites (tertiary alicyclic amines) is 1. The van der Waals surface area contributed by atoms with Crippen LogP contribution in [0.3, 0.4) is 0 Å². The Morgan fingerprint density at radius 1 is 1.52 bits per heavy atom. The minimum absolute atomic E-state index is 0.215. The molecule has 3 rings (SSSR count). The molecule has 0 aliphatic carbocycles. The topological polar surface area (TPSA) is 90.1 Å². The molecule has 0 bridgehead atoms. The Bertz CT molecular complexity index is 852. The van der Waals surface area contributed by atoms with E-state index >= 15 is 0 Å². The fourth-order valence-corrected chi connectivity index (χ4v) is 4.52. The molecule has 0 spiro atoms. The van der Waals surface area contributed by atoms with Gasteiger partial charge in [0.05, 0.1) is 11.9 Å². The van der Waals surface area contributed by atoms with Gasteiger partial charge < -0.3 is 4.90 Å². The highest BCUT2D eigenvalue weighted by Crippen LogP contribution is 2.35. The van der Waals surface area contributed by atoms with Crippen molar-refractivity contribution in [3.63, 3.8) is 0 Å². The van der Waals surface area contributed by atoms with Crippen LogP contribution in [-0.2, 0) is 7.05 Å². The molecular weight excluding hydrogens is 362 g/mol. The van der Waals surface area contributed by atoms with Crippen LogP contribution >= 0.6 is 11.5 Å². The highest BCUT2D eigenvalue weighted by Gasteiger charge is 2.33. The van der Waals surface area contributed by atoms with Crippen LogP contribution in [0.1, 0.15) is 35.7 Å². The van der Waals surface area contributed by atoms with Crippen LogP contribution in [0.15, 0.2) is 12.4 Å². The van der Waals surface area contributed by atoms with Gasteiger partial charge in [-0.1, -0.05) is 0 Å². The van der Waals surface area contributed by atoms with Gasteiger partial charge in [-0.25, -0.2) is 4.79 Å². The maximum atomic E-state index is 12.6. The van der Waals surface area contributed by atoms with Crippen molar-refractivity contribution >= 4 is 22.6 Å². The second kappa shape index (κ2) is 8.06. The minimum Gasteiger partial charge on any atom is -0.327 e. The monoisotopic (exact) mass is 387 g/mol. The molecule has 1 fully saturated rings. The lowest BCUT2D eigenvalue weighted by Gasteiger charge is -2.40. The van der Waals surface area contributed by atoms with Crippen LogP contribution < -0.4 is 5.32 Å². The van der Waals surface area contributed by atoms with Crippen LogP contribution in [0.2, 0.25) is 0 Å². The molecule has 2 atom stereocenters. The highest BCUT2D eigenvalue weighted by molar-refractivity contribution is 7.10. The predicted octanol–water partition coefficient (Wildman–Crippen LogP) is 2.60. The van der Waals surface area contributed by atoms with Gasteiger partial charge in [0.25, 0.3) is 0 Å². The van der Waals surface area contributed by atoms with Crippen molar-refractivity contribution in [3.05, 3.63) is 29.2 Å². The summed E-state index contributed by atoms with van der Waals surface area (Å²) in [7, 11) is 5.85. The molecule has 1 aliphatic rings. The van der Waals surface area contributed by atoms with Gasteiger partial charge in [-0.15, -0.1) is 0 Å². The van der Waals surface area contributed by atoms with Gasteiger partial charge in [0.2, 0.25) is 0 Å². The number of nitrogens with one attached hydrogen (secondary N) is 1. The van der Waals surface area contributed by atoms with Crippen LogP contribution in [0.4, 0.5) is 9.80 Å². The number of anilines is 1. The van der Waals surface area contributed by atoms with E-state index in [1.165, 1.54) is 5.56 Å². The first-order chi connectivity index (χ1) is 12.9. The van der Waals surface area contributed by atoms with E-state index in [0.717, 1.165) is 30.9 Å². The molecule has 1 aliphatic heterocycles. The summed E-state index contributed by atoms with van der Waals surface area (Å²) in [5.74, 6) is 0.322. The third kappa shape index (κ3) is 4.12. The molecule has 0 radical (unpaired) electrons. The van der Waals surface area contributed by atoms with Gasteiger partial charge in [-0.2, -0.15) is 14.7 Å². The molecule has 8 nitrogen and oxygen atoms in total. The van der Waals surface area contributed by atoms with E-state index in [0.29, 0.717) is 28.7 Å². The average Bonchev–Trinajstić information content (AvgIpc) is 3.20. The zero-order valence-corrected chi connectivity index (χ0v) is 17.0. The van der Waals surface area contributed by atoms with E-state index in [1.807, 2.05) is 17.9 Å². The summed E-state index contributed by atoms with van der Waals surface area (Å²) in [5, 5.41) is 16.9. The Balaban J connectivity index is 1.70. The van der Waals surface area contributed by atoms with Gasteiger partial charge >= 0.3 is 6.03 Å². The Morgan fingerprint density at radius 2 is 2.30 bits per heavy atom. The molecule has 0 saturated carbocycles. The summed E-state index contributed by atoms with van der Waals surface area (Å²) < 4.78 is 5.97. The second-order valence-corrected chi connectivity index (χ2v) is 7.94. The van der Waals surface area contributed by atoms with E-state index in [-0.39, 0.29) is 12.1 Å². The van der Waals surface area contributed by atoms with Crippen LogP contribution in [0, 0.1) is 24.2 Å². The molecule has 144 valence electrons. The van der Waals surface area contributed by atoms with Gasteiger partial charge in [0.1, 0.15) is 16.6 Å². The van der Waals surface area contributed by atoms with Crippen molar-refractivity contribution in [2.45, 2.75) is 25.8 Å². The van der Waals surface area contributed by atoms with E-state index in [1.54, 1.807) is 18.9 Å². The van der Waals surface area contributed by atoms with Crippen molar-refractivity contribution < 1.29 is 4.79 Å². The molecule has 0 aromatic carbocycles. The number of piperidine rings is 1. The fraction of sp³-hybridized carbons (Fsp3) is 0.556. The smallest absolute Gasteiger partial charge is 0.322 e. The standard InChI is InChI=1S/C18H25N7OS/c1-12-15(8-19)17(27-22-12)21-18(26)24(3)10-13-6-5-7-23(2)16(13)14-9-20-25(4)11-14/h9,11,13,16H,5-7,10H2,1-4H3,(H,21,26)/t13-,16+/m0/s1. The van der Waals surface area contributed by atoms with Crippen molar-refractivity contribution in [1.29, 1.82) is 5.26 Å². The number of carbonyl (C=O) groups excluding carboxylic acids is 1. The normalized spacial score (nSPS) is 20.3. The predicted molar refractivity (Wildman–Crippen MR) is 105 cm³/mol. The molecule has 0 unspecified atom stereocenters. The second-order valence-electron chi connectivity index (χ2n) is 7.17. The van der Waals surface area contributed by atoms with Crippen molar-refractivity contribution in [2.24, 2.45) is 13.0 Å². The molecule has 2 aromatic heterocycles. The number of nitriles is 1. The largest absolute Gasteiger partial charge is 0.327 e. The quantitative estimate of drug-likeness (QED) is 0.871. The number of urea groups is 1. The number of carbonyl (C=O) groups is 1. The lowest BCUT2D eigenvalue weighted by molar-refractivity contribution is 0.101. The van der Waals surface area contributed by atoms with Crippen molar-refractivity contribution in [2.75, 3.05) is 32.5 Å². The molecule has 3 heterocycles. The first kappa shape index (κ1) is 19.3. The Kier molecular flexibility index (Phi) is 5.77. The average molecular weight is 388 g/mol. The Morgan fingerprint density at radius 3 is 2.96 bits per heavy atom. The molecule has 2 amide bonds. The van der Waals surface area contributed by atoms with Gasteiger partial charge in [-0.05, 0) is 50.8 Å². The summed E-state index contributed by atoms with van der Waals surface area (Å²) in [4.78, 5) is 16.7. The number of hydrogen-bond donors (Lipinski definition) is 1. The highest BCUT2D eigenvalue weighted by atomic mass is 32.1. The molecule has 2 aromatic rings. The summed E-state index contributed by atoms with van der Waals surface area (Å²) >= 11 is 1.14. The zero-order chi connectivity index (χ0) is 19.6. The lowest BCUT2D eigenvalue weighted by atomic mass is 9.86. The maximum absolute atomic E-state index is 12.6. The minimum atomic E-state index is -0.215. The molecule has 9 heteroatoms. The van der Waals surface area contributed by atoms with E-state index in [9.17, 15) is 10.1 Å². The Hall–Kier alpha value is -2.44. The number of nitrogens with zero attached hydrogens (tertiary/aromatic N) is 6. The first-order valence-corrected chi connectivity index (χ1v) is 9.75. The first-order valence-electron chi connectivity index (χ1n) is 8.98. The lowest BCUT2D eigenvalue weighted by Crippen LogP contribution is -2.43. The number of hydrogen-bond acceptors (Lipinski definition) is 6. The van der Waals surface area contributed by atoms with Crippen molar-refractivity contribution in [3.8, 4) is 6.07 Å². The zero-order valence-electron chi connectivity index (χ0n) is 16.1. The van der Waals surface area contributed by atoms with Crippen LogP contribution in [0.25, 0.3) is 0 Å². The number of amides is 2. The molecule has 1 saturated heterocycles. The maximum Gasteiger partial charge on any atom is 0.322 e. The third-order valence-electron chi connectivity index (χ3n) is 5.12. The molecule has 1 N–H and O–H groups in total. The SMILES string of the molecule is Cc1nsc(NC(=O)N(C)C[C@@H]2CCCN(C)[C@H]2c2cnn(C)c2)c1C#N. The van der Waals surface area contributed by atoms with Crippen molar-refractivity contribution in [1.82, 2.24) is 24.0 Å². The number of rotatable bonds is 4. The summed E-state index contributed by atoms with van der Waals surface area (Å²) in [6.45, 7) is 3.44. The molecule has 27 heavy (non-hydrogen) atoms. The molecular formula is C18H25N7OS. The van der Waals surface area contributed by atoms with E-state index < -0.39 is 0 Å². The van der Waals surface area contributed by atoms with E-state index in [4.69, 9.17) is 0 Å². The summed E-state index contributed by atoms with van der Waals surface area (Å²) in [6.07, 6.45) is 6.14. The van der Waals surface area contributed by atoms with Gasteiger partial charge in [0.15, 0.2) is 0 Å². The fourth-order valence-electron chi connectivity index (χ4n) is 3.78. The Labute approximate surface area is 163 Å².